The topological polar surface area (TPSA) is 26.3 Å². The van der Waals surface area contributed by atoms with Crippen molar-refractivity contribution in [3.8, 4) is 0 Å². The van der Waals surface area contributed by atoms with Crippen LogP contribution in [-0.4, -0.2) is 12.6 Å². The van der Waals surface area contributed by atoms with Gasteiger partial charge in [0.05, 0.1) is 12.2 Å². The molecule has 0 unspecified atom stereocenters. The standard InChI is InChI=1S/C15H20O2/c1-2-3-4-5-6-10-13-17-15(16)14-11-8-7-9-12-14/h3-4,7-9,11-12H,2,5-6,10,13H2,1H3/b4-3-. The van der Waals surface area contributed by atoms with Gasteiger partial charge in [0, 0.05) is 0 Å². The minimum atomic E-state index is -0.227. The van der Waals surface area contributed by atoms with E-state index in [0.717, 1.165) is 25.7 Å². The molecule has 0 aliphatic carbocycles. The molecule has 0 aromatic heterocycles. The Morgan fingerprint density at radius 1 is 1.18 bits per heavy atom. The van der Waals surface area contributed by atoms with Crippen LogP contribution in [-0.2, 0) is 4.74 Å². The van der Waals surface area contributed by atoms with Gasteiger partial charge in [0.1, 0.15) is 0 Å². The van der Waals surface area contributed by atoms with Crippen LogP contribution >= 0.6 is 0 Å². The molecule has 1 aromatic rings. The average Bonchev–Trinajstić information content (AvgIpc) is 2.38. The summed E-state index contributed by atoms with van der Waals surface area (Å²) in [5.41, 5.74) is 0.623. The number of carbonyl (C=O) groups is 1. The Bertz CT molecular complexity index is 341. The van der Waals surface area contributed by atoms with E-state index in [1.807, 2.05) is 18.2 Å². The molecule has 0 radical (unpaired) electrons. The number of hydrogen-bond donors (Lipinski definition) is 0. The maximum atomic E-state index is 11.5. The highest BCUT2D eigenvalue weighted by molar-refractivity contribution is 5.89. The molecule has 0 heterocycles. The smallest absolute Gasteiger partial charge is 0.338 e. The van der Waals surface area contributed by atoms with Crippen LogP contribution in [0.25, 0.3) is 0 Å². The van der Waals surface area contributed by atoms with Crippen molar-refractivity contribution < 1.29 is 9.53 Å². The van der Waals surface area contributed by atoms with Gasteiger partial charge in [-0.3, -0.25) is 0 Å². The van der Waals surface area contributed by atoms with Crippen LogP contribution in [0.3, 0.4) is 0 Å². The Hall–Kier alpha value is -1.57. The molecule has 0 fully saturated rings. The highest BCUT2D eigenvalue weighted by Crippen LogP contribution is 2.03. The van der Waals surface area contributed by atoms with Crippen molar-refractivity contribution >= 4 is 5.97 Å². The lowest BCUT2D eigenvalue weighted by Crippen LogP contribution is -2.05. The normalized spacial score (nSPS) is 10.6. The zero-order valence-electron chi connectivity index (χ0n) is 10.4. The Kier molecular flexibility index (Phi) is 6.80. The maximum absolute atomic E-state index is 11.5. The molecule has 0 aliphatic heterocycles. The zero-order valence-corrected chi connectivity index (χ0v) is 10.4. The molecular weight excluding hydrogens is 212 g/mol. The van der Waals surface area contributed by atoms with Gasteiger partial charge in [-0.25, -0.2) is 4.79 Å². The van der Waals surface area contributed by atoms with E-state index in [1.165, 1.54) is 0 Å². The lowest BCUT2D eigenvalue weighted by Gasteiger charge is -2.03. The predicted octanol–water partition coefficient (Wildman–Crippen LogP) is 3.98. The number of ether oxygens (including phenoxy) is 1. The third-order valence-electron chi connectivity index (χ3n) is 2.41. The number of benzene rings is 1. The lowest BCUT2D eigenvalue weighted by atomic mass is 10.2. The second-order valence-corrected chi connectivity index (χ2v) is 3.88. The third-order valence-corrected chi connectivity index (χ3v) is 2.41. The number of carbonyl (C=O) groups excluding carboxylic acids is 1. The second kappa shape index (κ2) is 8.57. The monoisotopic (exact) mass is 232 g/mol. The zero-order chi connectivity index (χ0) is 12.3. The summed E-state index contributed by atoms with van der Waals surface area (Å²) < 4.78 is 5.17. The van der Waals surface area contributed by atoms with Gasteiger partial charge in [-0.05, 0) is 37.8 Å². The minimum Gasteiger partial charge on any atom is -0.462 e. The van der Waals surface area contributed by atoms with Crippen LogP contribution in [0.2, 0.25) is 0 Å². The van der Waals surface area contributed by atoms with E-state index in [0.29, 0.717) is 12.2 Å². The Morgan fingerprint density at radius 3 is 2.65 bits per heavy atom. The summed E-state index contributed by atoms with van der Waals surface area (Å²) >= 11 is 0. The third kappa shape index (κ3) is 5.91. The largest absolute Gasteiger partial charge is 0.462 e. The molecule has 0 N–H and O–H groups in total. The van der Waals surface area contributed by atoms with Gasteiger partial charge in [0.15, 0.2) is 0 Å². The van der Waals surface area contributed by atoms with Gasteiger partial charge < -0.3 is 4.74 Å². The molecular formula is C15H20O2. The van der Waals surface area contributed by atoms with Crippen molar-refractivity contribution in [2.45, 2.75) is 32.6 Å². The van der Waals surface area contributed by atoms with Crippen LogP contribution in [0.15, 0.2) is 42.5 Å². The molecule has 2 heteroatoms. The Morgan fingerprint density at radius 2 is 1.94 bits per heavy atom. The molecule has 2 nitrogen and oxygen atoms in total. The van der Waals surface area contributed by atoms with E-state index in [4.69, 9.17) is 4.74 Å². The highest BCUT2D eigenvalue weighted by atomic mass is 16.5. The maximum Gasteiger partial charge on any atom is 0.338 e. The van der Waals surface area contributed by atoms with E-state index >= 15 is 0 Å². The van der Waals surface area contributed by atoms with E-state index in [9.17, 15) is 4.79 Å². The van der Waals surface area contributed by atoms with Gasteiger partial charge in [-0.1, -0.05) is 37.3 Å². The van der Waals surface area contributed by atoms with E-state index in [-0.39, 0.29) is 5.97 Å². The molecule has 0 atom stereocenters. The van der Waals surface area contributed by atoms with Gasteiger partial charge >= 0.3 is 5.97 Å². The second-order valence-electron chi connectivity index (χ2n) is 3.88. The number of unbranched alkanes of at least 4 members (excludes halogenated alkanes) is 2. The lowest BCUT2D eigenvalue weighted by molar-refractivity contribution is 0.0498. The molecule has 0 spiro atoms. The van der Waals surface area contributed by atoms with Crippen LogP contribution in [0.4, 0.5) is 0 Å². The molecule has 92 valence electrons. The van der Waals surface area contributed by atoms with Crippen LogP contribution < -0.4 is 0 Å². The van der Waals surface area contributed by atoms with Crippen LogP contribution in [0.5, 0.6) is 0 Å². The van der Waals surface area contributed by atoms with Crippen molar-refractivity contribution in [3.63, 3.8) is 0 Å². The average molecular weight is 232 g/mol. The summed E-state index contributed by atoms with van der Waals surface area (Å²) in [5.74, 6) is -0.227. The van der Waals surface area contributed by atoms with Crippen molar-refractivity contribution in [1.29, 1.82) is 0 Å². The quantitative estimate of drug-likeness (QED) is 0.404. The fraction of sp³-hybridized carbons (Fsp3) is 0.400. The van der Waals surface area contributed by atoms with Gasteiger partial charge in [0.25, 0.3) is 0 Å². The first kappa shape index (κ1) is 13.5. The Balaban J connectivity index is 2.11. The molecule has 0 bridgehead atoms. The van der Waals surface area contributed by atoms with Gasteiger partial charge in [0.2, 0.25) is 0 Å². The van der Waals surface area contributed by atoms with Crippen molar-refractivity contribution in [2.75, 3.05) is 6.61 Å². The number of rotatable bonds is 7. The molecule has 0 aliphatic rings. The first-order chi connectivity index (χ1) is 8.34. The highest BCUT2D eigenvalue weighted by Gasteiger charge is 2.04. The summed E-state index contributed by atoms with van der Waals surface area (Å²) in [5, 5.41) is 0. The van der Waals surface area contributed by atoms with Crippen LogP contribution in [0.1, 0.15) is 43.0 Å². The first-order valence-electron chi connectivity index (χ1n) is 6.21. The summed E-state index contributed by atoms with van der Waals surface area (Å²) in [7, 11) is 0. The molecule has 0 amide bonds. The van der Waals surface area contributed by atoms with Crippen molar-refractivity contribution in [1.82, 2.24) is 0 Å². The number of esters is 1. The van der Waals surface area contributed by atoms with Crippen molar-refractivity contribution in [3.05, 3.63) is 48.0 Å². The van der Waals surface area contributed by atoms with Crippen LogP contribution in [0, 0.1) is 0 Å². The molecule has 0 saturated carbocycles. The van der Waals surface area contributed by atoms with Gasteiger partial charge in [-0.15, -0.1) is 0 Å². The van der Waals surface area contributed by atoms with E-state index in [1.54, 1.807) is 12.1 Å². The first-order valence-corrected chi connectivity index (χ1v) is 6.21. The summed E-state index contributed by atoms with van der Waals surface area (Å²) in [6, 6.07) is 9.10. The molecule has 17 heavy (non-hydrogen) atoms. The van der Waals surface area contributed by atoms with Crippen molar-refractivity contribution in [2.24, 2.45) is 0 Å². The summed E-state index contributed by atoms with van der Waals surface area (Å²) in [4.78, 5) is 11.5. The number of hydrogen-bond acceptors (Lipinski definition) is 2. The fourth-order valence-electron chi connectivity index (χ4n) is 1.47. The summed E-state index contributed by atoms with van der Waals surface area (Å²) in [6.07, 6.45) is 8.49. The van der Waals surface area contributed by atoms with E-state index < -0.39 is 0 Å². The Labute approximate surface area is 103 Å². The molecule has 1 aromatic carbocycles. The molecule has 1 rings (SSSR count). The predicted molar refractivity (Wildman–Crippen MR) is 70.0 cm³/mol. The number of allylic oxidation sites excluding steroid dienone is 2. The summed E-state index contributed by atoms with van der Waals surface area (Å²) in [6.45, 7) is 2.63. The van der Waals surface area contributed by atoms with Gasteiger partial charge in [-0.2, -0.15) is 0 Å². The fourth-order valence-corrected chi connectivity index (χ4v) is 1.47. The minimum absolute atomic E-state index is 0.227. The van der Waals surface area contributed by atoms with E-state index in [2.05, 4.69) is 19.1 Å². The SMILES string of the molecule is CC/C=C\CCCCOC(=O)c1ccccc1. The molecule has 0 saturated heterocycles.